The Kier molecular flexibility index (Phi) is 3.99. The summed E-state index contributed by atoms with van der Waals surface area (Å²) in [6.45, 7) is 2.06. The van der Waals surface area contributed by atoms with E-state index in [-0.39, 0.29) is 11.6 Å². The van der Waals surface area contributed by atoms with Crippen LogP contribution in [-0.4, -0.2) is 32.1 Å². The van der Waals surface area contributed by atoms with Gasteiger partial charge in [0.05, 0.1) is 18.5 Å². The fourth-order valence-electron chi connectivity index (χ4n) is 3.59. The number of hydrogen-bond donors (Lipinski definition) is 1. The van der Waals surface area contributed by atoms with Crippen molar-refractivity contribution in [2.45, 2.75) is 45.1 Å². The van der Waals surface area contributed by atoms with Gasteiger partial charge in [0.15, 0.2) is 0 Å². The van der Waals surface area contributed by atoms with Crippen molar-refractivity contribution in [3.05, 3.63) is 34.5 Å². The Balaban J connectivity index is 1.83. The molecule has 0 aliphatic heterocycles. The van der Waals surface area contributed by atoms with E-state index >= 15 is 0 Å². The minimum absolute atomic E-state index is 0.0763. The first-order valence-corrected chi connectivity index (χ1v) is 8.74. The average Bonchev–Trinajstić information content (AvgIpc) is 3.02. The van der Waals surface area contributed by atoms with Crippen LogP contribution < -0.4 is 5.56 Å². The van der Waals surface area contributed by atoms with Gasteiger partial charge in [-0.1, -0.05) is 19.3 Å². The number of aromatic nitrogens is 4. The Bertz CT molecular complexity index is 999. The van der Waals surface area contributed by atoms with Crippen LogP contribution in [0, 0.1) is 0 Å². The number of esters is 1. The number of rotatable bonds is 3. The molecule has 25 heavy (non-hydrogen) atoms. The van der Waals surface area contributed by atoms with Gasteiger partial charge in [0.2, 0.25) is 0 Å². The average molecular weight is 340 g/mol. The molecule has 1 saturated carbocycles. The molecular weight excluding hydrogens is 320 g/mol. The van der Waals surface area contributed by atoms with E-state index in [1.54, 1.807) is 23.9 Å². The molecule has 1 N–H and O–H groups in total. The standard InChI is InChI=1S/C18H20N4O3/c1-2-25-18(24)11-8-13-14-15(21-16(13)19-9-11)17(23)22(10-20-14)12-6-4-3-5-7-12/h8-10,12H,2-7H2,1H3,(H,19,21). The second-order valence-corrected chi connectivity index (χ2v) is 6.44. The summed E-state index contributed by atoms with van der Waals surface area (Å²) in [6.07, 6.45) is 8.63. The predicted molar refractivity (Wildman–Crippen MR) is 93.7 cm³/mol. The van der Waals surface area contributed by atoms with Crippen LogP contribution in [0.1, 0.15) is 55.4 Å². The van der Waals surface area contributed by atoms with E-state index in [1.165, 1.54) is 12.6 Å². The van der Waals surface area contributed by atoms with E-state index in [0.717, 1.165) is 25.7 Å². The maximum absolute atomic E-state index is 12.9. The van der Waals surface area contributed by atoms with Crippen LogP contribution in [0.2, 0.25) is 0 Å². The molecule has 0 bridgehead atoms. The smallest absolute Gasteiger partial charge is 0.339 e. The Hall–Kier alpha value is -2.70. The van der Waals surface area contributed by atoms with Crippen molar-refractivity contribution in [1.29, 1.82) is 0 Å². The molecule has 130 valence electrons. The van der Waals surface area contributed by atoms with Crippen LogP contribution in [0.15, 0.2) is 23.4 Å². The van der Waals surface area contributed by atoms with Crippen molar-refractivity contribution in [3.8, 4) is 0 Å². The van der Waals surface area contributed by atoms with Crippen molar-refractivity contribution >= 4 is 28.0 Å². The summed E-state index contributed by atoms with van der Waals surface area (Å²) in [5.41, 5.74) is 1.82. The first kappa shape index (κ1) is 15.8. The van der Waals surface area contributed by atoms with Crippen LogP contribution in [0.5, 0.6) is 0 Å². The molecule has 0 amide bonds. The summed E-state index contributed by atoms with van der Waals surface area (Å²) in [7, 11) is 0. The zero-order valence-electron chi connectivity index (χ0n) is 14.1. The van der Waals surface area contributed by atoms with Gasteiger partial charge in [-0.3, -0.25) is 9.36 Å². The van der Waals surface area contributed by atoms with E-state index in [9.17, 15) is 9.59 Å². The van der Waals surface area contributed by atoms with Gasteiger partial charge in [0.1, 0.15) is 16.7 Å². The zero-order chi connectivity index (χ0) is 17.4. The first-order valence-electron chi connectivity index (χ1n) is 8.74. The van der Waals surface area contributed by atoms with Crippen molar-refractivity contribution in [2.75, 3.05) is 6.61 Å². The molecule has 1 fully saturated rings. The molecule has 4 rings (SSSR count). The van der Waals surface area contributed by atoms with Crippen LogP contribution in [0.25, 0.3) is 22.1 Å². The van der Waals surface area contributed by atoms with Crippen LogP contribution in [0.4, 0.5) is 0 Å². The Morgan fingerprint density at radius 1 is 1.32 bits per heavy atom. The largest absolute Gasteiger partial charge is 0.462 e. The van der Waals surface area contributed by atoms with Crippen LogP contribution in [0.3, 0.4) is 0 Å². The number of nitrogens with zero attached hydrogens (tertiary/aromatic N) is 3. The molecule has 0 unspecified atom stereocenters. The van der Waals surface area contributed by atoms with Crippen molar-refractivity contribution in [2.24, 2.45) is 0 Å². The normalized spacial score (nSPS) is 15.7. The SMILES string of the molecule is CCOC(=O)c1cnc2[nH]c3c(=O)n(C4CCCCC4)cnc3c2c1. The summed E-state index contributed by atoms with van der Waals surface area (Å²) in [5.74, 6) is -0.429. The quantitative estimate of drug-likeness (QED) is 0.740. The molecule has 0 saturated heterocycles. The van der Waals surface area contributed by atoms with Crippen molar-refractivity contribution in [1.82, 2.24) is 19.5 Å². The molecule has 0 radical (unpaired) electrons. The van der Waals surface area contributed by atoms with Gasteiger partial charge in [0.25, 0.3) is 5.56 Å². The lowest BCUT2D eigenvalue weighted by Crippen LogP contribution is -2.26. The number of pyridine rings is 1. The molecule has 1 aliphatic rings. The highest BCUT2D eigenvalue weighted by Gasteiger charge is 2.20. The highest BCUT2D eigenvalue weighted by molar-refractivity contribution is 6.05. The highest BCUT2D eigenvalue weighted by Crippen LogP contribution is 2.28. The minimum Gasteiger partial charge on any atom is -0.462 e. The third-order valence-electron chi connectivity index (χ3n) is 4.86. The lowest BCUT2D eigenvalue weighted by molar-refractivity contribution is 0.0526. The van der Waals surface area contributed by atoms with Crippen LogP contribution >= 0.6 is 0 Å². The van der Waals surface area contributed by atoms with E-state index in [4.69, 9.17) is 4.74 Å². The maximum atomic E-state index is 12.9. The van der Waals surface area contributed by atoms with Crippen molar-refractivity contribution < 1.29 is 9.53 Å². The van der Waals surface area contributed by atoms with Gasteiger partial charge in [-0.15, -0.1) is 0 Å². The number of hydrogen-bond acceptors (Lipinski definition) is 5. The zero-order valence-corrected chi connectivity index (χ0v) is 14.1. The Morgan fingerprint density at radius 2 is 2.12 bits per heavy atom. The fourth-order valence-corrected chi connectivity index (χ4v) is 3.59. The summed E-state index contributed by atoms with van der Waals surface area (Å²) in [6, 6.07) is 1.89. The first-order chi connectivity index (χ1) is 12.2. The van der Waals surface area contributed by atoms with Crippen molar-refractivity contribution in [3.63, 3.8) is 0 Å². The molecule has 3 aromatic rings. The number of nitrogens with one attached hydrogen (secondary N) is 1. The molecule has 0 aromatic carbocycles. The molecule has 7 nitrogen and oxygen atoms in total. The van der Waals surface area contributed by atoms with Gasteiger partial charge >= 0.3 is 5.97 Å². The lowest BCUT2D eigenvalue weighted by Gasteiger charge is -2.23. The third-order valence-corrected chi connectivity index (χ3v) is 4.86. The summed E-state index contributed by atoms with van der Waals surface area (Å²) < 4.78 is 6.75. The van der Waals surface area contributed by atoms with Gasteiger partial charge in [0, 0.05) is 17.6 Å². The van der Waals surface area contributed by atoms with Gasteiger partial charge in [-0.25, -0.2) is 14.8 Å². The lowest BCUT2D eigenvalue weighted by atomic mass is 9.95. The number of aromatic amines is 1. The number of carbonyl (C=O) groups excluding carboxylic acids is 1. The highest BCUT2D eigenvalue weighted by atomic mass is 16.5. The summed E-state index contributed by atoms with van der Waals surface area (Å²) >= 11 is 0. The molecule has 7 heteroatoms. The number of H-pyrrole nitrogens is 1. The second-order valence-electron chi connectivity index (χ2n) is 6.44. The monoisotopic (exact) mass is 340 g/mol. The van der Waals surface area contributed by atoms with Gasteiger partial charge < -0.3 is 9.72 Å². The number of ether oxygens (including phenoxy) is 1. The Labute approximate surface area is 144 Å². The van der Waals surface area contributed by atoms with Crippen LogP contribution in [-0.2, 0) is 4.74 Å². The molecule has 0 spiro atoms. The number of fused-ring (bicyclic) bond motifs is 3. The molecule has 1 aliphatic carbocycles. The molecule has 3 aromatic heterocycles. The van der Waals surface area contributed by atoms with Gasteiger partial charge in [-0.2, -0.15) is 0 Å². The fraction of sp³-hybridized carbons (Fsp3) is 0.444. The molecule has 0 atom stereocenters. The van der Waals surface area contributed by atoms with E-state index in [1.807, 2.05) is 0 Å². The number of carbonyl (C=O) groups is 1. The summed E-state index contributed by atoms with van der Waals surface area (Å²) in [5, 5.41) is 0.661. The summed E-state index contributed by atoms with van der Waals surface area (Å²) in [4.78, 5) is 36.6. The van der Waals surface area contributed by atoms with E-state index < -0.39 is 5.97 Å². The maximum Gasteiger partial charge on any atom is 0.339 e. The van der Waals surface area contributed by atoms with Gasteiger partial charge in [-0.05, 0) is 25.8 Å². The minimum atomic E-state index is -0.429. The topological polar surface area (TPSA) is 89.9 Å². The second kappa shape index (κ2) is 6.31. The van der Waals surface area contributed by atoms with E-state index in [2.05, 4.69) is 15.0 Å². The van der Waals surface area contributed by atoms with E-state index in [0.29, 0.717) is 34.2 Å². The predicted octanol–water partition coefficient (Wildman–Crippen LogP) is 2.95. The molecular formula is C18H20N4O3. The third kappa shape index (κ3) is 2.69. The Morgan fingerprint density at radius 3 is 2.88 bits per heavy atom. The molecule has 3 heterocycles.